The molecule has 1 atom stereocenters. The van der Waals surface area contributed by atoms with Crippen molar-refractivity contribution in [3.63, 3.8) is 0 Å². The molecule has 2 aromatic rings. The Bertz CT molecular complexity index is 1160. The number of nitrogens with one attached hydrogen (secondary N) is 1. The zero-order valence-electron chi connectivity index (χ0n) is 20.4. The average molecular weight is 382 g/mol. The third-order valence-corrected chi connectivity index (χ3v) is 5.31. The van der Waals surface area contributed by atoms with E-state index >= 15 is 0 Å². The standard InChI is InChI=1S/C22H23N3O3/c1-3-21(27)24-19-6-4-5-16-17(10-23-11-18(16)19)14-7-8-20-15(9-14)13-28-22(12-26)25(20)2/h7-11,19H,3-6,13H2,1-2H3,(H,24,27)/t19-/m1/s1/i1D3,3D2. The Kier molecular flexibility index (Phi) is 3.51. The van der Waals surface area contributed by atoms with Gasteiger partial charge in [-0.1, -0.05) is 12.9 Å². The number of benzene rings is 1. The van der Waals surface area contributed by atoms with Crippen LogP contribution in [0.25, 0.3) is 11.1 Å². The molecule has 28 heavy (non-hydrogen) atoms. The molecule has 0 radical (unpaired) electrons. The number of aromatic nitrogens is 1. The van der Waals surface area contributed by atoms with E-state index in [0.717, 1.165) is 46.3 Å². The minimum atomic E-state index is -3.06. The Hall–Kier alpha value is -3.11. The largest absolute Gasteiger partial charge is 0.466 e. The zero-order chi connectivity index (χ0) is 24.0. The Labute approximate surface area is 171 Å². The Balaban J connectivity index is 1.67. The molecule has 0 saturated carbocycles. The van der Waals surface area contributed by atoms with Gasteiger partial charge in [-0.3, -0.25) is 9.78 Å². The van der Waals surface area contributed by atoms with Gasteiger partial charge in [0.25, 0.3) is 5.88 Å². The van der Waals surface area contributed by atoms with Gasteiger partial charge < -0.3 is 15.0 Å². The second kappa shape index (κ2) is 7.49. The minimum Gasteiger partial charge on any atom is -0.466 e. The number of nitrogens with zero attached hydrogens (tertiary/aromatic N) is 2. The summed E-state index contributed by atoms with van der Waals surface area (Å²) in [6, 6.07) is 5.27. The molecule has 0 saturated heterocycles. The number of amides is 1. The van der Waals surface area contributed by atoms with Gasteiger partial charge in [0.05, 0.1) is 11.7 Å². The molecule has 4 rings (SSSR count). The summed E-state index contributed by atoms with van der Waals surface area (Å²) in [5.41, 5.74) is 5.27. The van der Waals surface area contributed by atoms with Crippen LogP contribution in [0.3, 0.4) is 0 Å². The fourth-order valence-corrected chi connectivity index (χ4v) is 3.96. The second-order valence-corrected chi connectivity index (χ2v) is 6.90. The fraction of sp³-hybridized carbons (Fsp3) is 0.364. The summed E-state index contributed by atoms with van der Waals surface area (Å²) in [5, 5.41) is 2.59. The summed E-state index contributed by atoms with van der Waals surface area (Å²) in [4.78, 5) is 29.5. The molecule has 0 bridgehead atoms. The topological polar surface area (TPSA) is 71.5 Å². The summed E-state index contributed by atoms with van der Waals surface area (Å²) in [6.07, 6.45) is 2.45. The molecule has 2 heterocycles. The first-order chi connectivity index (χ1) is 15.5. The van der Waals surface area contributed by atoms with Crippen molar-refractivity contribution in [3.05, 3.63) is 53.2 Å². The molecule has 6 nitrogen and oxygen atoms in total. The number of carbonyl (C=O) groups is 1. The van der Waals surface area contributed by atoms with Crippen molar-refractivity contribution in [2.75, 3.05) is 11.9 Å². The van der Waals surface area contributed by atoms with Gasteiger partial charge in [0.15, 0.2) is 5.94 Å². The van der Waals surface area contributed by atoms with Crippen molar-refractivity contribution in [1.29, 1.82) is 0 Å². The molecular formula is C22H23N3O3. The highest BCUT2D eigenvalue weighted by molar-refractivity contribution is 5.77. The summed E-state index contributed by atoms with van der Waals surface area (Å²) >= 11 is 0. The molecule has 0 unspecified atom stereocenters. The molecule has 1 aromatic heterocycles. The van der Waals surface area contributed by atoms with Crippen LogP contribution in [0, 0.1) is 0 Å². The lowest BCUT2D eigenvalue weighted by Gasteiger charge is -2.29. The SMILES string of the molecule is [2H]C([2H])([2H])C([2H])([2H])C(=O)N[C@@H]1CCCc2c(-c3ccc4c(c3)COC(=C=O)N4C)cncc21. The van der Waals surface area contributed by atoms with Gasteiger partial charge in [-0.05, 0) is 48.1 Å². The van der Waals surface area contributed by atoms with Gasteiger partial charge in [0, 0.05) is 43.8 Å². The van der Waals surface area contributed by atoms with Crippen LogP contribution in [0.15, 0.2) is 36.5 Å². The van der Waals surface area contributed by atoms with Crippen LogP contribution in [0.2, 0.25) is 0 Å². The van der Waals surface area contributed by atoms with Crippen LogP contribution >= 0.6 is 0 Å². The van der Waals surface area contributed by atoms with Crippen LogP contribution in [-0.2, 0) is 27.4 Å². The normalized spacial score (nSPS) is 21.5. The van der Waals surface area contributed by atoms with Crippen LogP contribution in [0.5, 0.6) is 0 Å². The van der Waals surface area contributed by atoms with Crippen LogP contribution < -0.4 is 10.2 Å². The maximum Gasteiger partial charge on any atom is 0.282 e. The lowest BCUT2D eigenvalue weighted by molar-refractivity contribution is -0.121. The van der Waals surface area contributed by atoms with Gasteiger partial charge in [-0.15, -0.1) is 0 Å². The van der Waals surface area contributed by atoms with E-state index in [0.29, 0.717) is 6.42 Å². The number of carbonyl (C=O) groups excluding carboxylic acids is 2. The molecule has 0 fully saturated rings. The number of hydrogen-bond donors (Lipinski definition) is 1. The minimum absolute atomic E-state index is 0.129. The highest BCUT2D eigenvalue weighted by atomic mass is 16.5. The first-order valence-electron chi connectivity index (χ1n) is 11.6. The predicted molar refractivity (Wildman–Crippen MR) is 106 cm³/mol. The first-order valence-corrected chi connectivity index (χ1v) is 9.07. The molecule has 1 aliphatic carbocycles. The maximum atomic E-state index is 12.5. The fourth-order valence-electron chi connectivity index (χ4n) is 3.96. The molecule has 2 aliphatic rings. The molecule has 1 N–H and O–H groups in total. The predicted octanol–water partition coefficient (Wildman–Crippen LogP) is 3.29. The summed E-state index contributed by atoms with van der Waals surface area (Å²) in [5.74, 6) is 0.761. The molecule has 1 aliphatic heterocycles. The summed E-state index contributed by atoms with van der Waals surface area (Å²) < 4.78 is 42.9. The van der Waals surface area contributed by atoms with E-state index in [-0.39, 0.29) is 12.5 Å². The van der Waals surface area contributed by atoms with Crippen molar-refractivity contribution in [1.82, 2.24) is 10.3 Å². The first kappa shape index (κ1) is 13.1. The molecular weight excluding hydrogens is 354 g/mol. The van der Waals surface area contributed by atoms with E-state index in [1.807, 2.05) is 18.2 Å². The van der Waals surface area contributed by atoms with Crippen LogP contribution in [0.1, 0.15) is 55.7 Å². The van der Waals surface area contributed by atoms with Crippen molar-refractivity contribution < 1.29 is 21.2 Å². The lowest BCUT2D eigenvalue weighted by Crippen LogP contribution is -2.30. The van der Waals surface area contributed by atoms with Crippen molar-refractivity contribution in [2.24, 2.45) is 0 Å². The highest BCUT2D eigenvalue weighted by Gasteiger charge is 2.25. The van der Waals surface area contributed by atoms with E-state index in [1.54, 1.807) is 30.3 Å². The van der Waals surface area contributed by atoms with E-state index in [1.165, 1.54) is 0 Å². The van der Waals surface area contributed by atoms with Gasteiger partial charge in [0.1, 0.15) is 6.61 Å². The van der Waals surface area contributed by atoms with Gasteiger partial charge in [-0.25, -0.2) is 4.79 Å². The van der Waals surface area contributed by atoms with E-state index < -0.39 is 25.2 Å². The average Bonchev–Trinajstić information content (AvgIpc) is 2.78. The van der Waals surface area contributed by atoms with Crippen molar-refractivity contribution >= 4 is 17.5 Å². The van der Waals surface area contributed by atoms with Crippen molar-refractivity contribution in [3.8, 4) is 11.1 Å². The Morgan fingerprint density at radius 2 is 2.39 bits per heavy atom. The Morgan fingerprint density at radius 1 is 1.50 bits per heavy atom. The molecule has 6 heteroatoms. The van der Waals surface area contributed by atoms with Gasteiger partial charge in [-0.2, -0.15) is 0 Å². The lowest BCUT2D eigenvalue weighted by atomic mass is 9.84. The molecule has 144 valence electrons. The quantitative estimate of drug-likeness (QED) is 0.825. The van der Waals surface area contributed by atoms with E-state index in [2.05, 4.69) is 10.3 Å². The van der Waals surface area contributed by atoms with Crippen LogP contribution in [0.4, 0.5) is 5.69 Å². The number of hydrogen-bond acceptors (Lipinski definition) is 5. The maximum absolute atomic E-state index is 12.5. The Morgan fingerprint density at radius 3 is 3.21 bits per heavy atom. The summed E-state index contributed by atoms with van der Waals surface area (Å²) in [7, 11) is 1.73. The van der Waals surface area contributed by atoms with Gasteiger partial charge in [0.2, 0.25) is 5.91 Å². The second-order valence-electron chi connectivity index (χ2n) is 6.90. The number of fused-ring (bicyclic) bond motifs is 2. The van der Waals surface area contributed by atoms with E-state index in [9.17, 15) is 9.59 Å². The van der Waals surface area contributed by atoms with Crippen LogP contribution in [-0.4, -0.2) is 23.9 Å². The highest BCUT2D eigenvalue weighted by Crippen LogP contribution is 2.38. The third kappa shape index (κ3) is 3.16. The van der Waals surface area contributed by atoms with E-state index in [4.69, 9.17) is 11.6 Å². The molecule has 1 amide bonds. The number of pyridine rings is 1. The van der Waals surface area contributed by atoms with Crippen molar-refractivity contribution in [2.45, 2.75) is 45.1 Å². The van der Waals surface area contributed by atoms with Gasteiger partial charge >= 0.3 is 0 Å². The molecule has 1 aromatic carbocycles. The monoisotopic (exact) mass is 382 g/mol. The zero-order valence-corrected chi connectivity index (χ0v) is 15.4. The third-order valence-electron chi connectivity index (χ3n) is 5.31. The number of rotatable bonds is 3. The molecule has 0 spiro atoms. The number of ether oxygens (including phenoxy) is 1. The summed E-state index contributed by atoms with van der Waals surface area (Å²) in [6.45, 7) is -2.82. The smallest absolute Gasteiger partial charge is 0.282 e. The number of anilines is 1.